The highest BCUT2D eigenvalue weighted by molar-refractivity contribution is 6.00. The van der Waals surface area contributed by atoms with E-state index in [4.69, 9.17) is 5.73 Å². The van der Waals surface area contributed by atoms with E-state index in [0.717, 1.165) is 17.3 Å². The second kappa shape index (κ2) is 38.2. The van der Waals surface area contributed by atoms with Gasteiger partial charge in [0.2, 0.25) is 53.2 Å². The number of primary amides is 1. The number of aliphatic hydroxyl groups is 1. The number of amides is 9. The second-order valence-corrected chi connectivity index (χ2v) is 27.3. The van der Waals surface area contributed by atoms with Crippen LogP contribution in [-0.4, -0.2) is 146 Å². The predicted octanol–water partition coefficient (Wildman–Crippen LogP) is 5.15. The zero-order chi connectivity index (χ0) is 71.6. The van der Waals surface area contributed by atoms with Crippen LogP contribution in [0.4, 0.5) is 0 Å². The number of hydrogen-bond acceptors (Lipinski definition) is 14. The van der Waals surface area contributed by atoms with Crippen LogP contribution in [0.25, 0.3) is 10.9 Å². The first-order valence-corrected chi connectivity index (χ1v) is 34.1. The van der Waals surface area contributed by atoms with Crippen molar-refractivity contribution >= 4 is 75.6 Å². The molecule has 0 saturated carbocycles. The Balaban J connectivity index is 1.53. The van der Waals surface area contributed by atoms with E-state index in [1.807, 2.05) is 64.1 Å². The molecular formula is C73H105N11O13. The normalized spacial score (nSPS) is 22.9. The number of nitrogens with two attached hydrogens (primary N) is 1. The van der Waals surface area contributed by atoms with Gasteiger partial charge >= 0.3 is 0 Å². The zero-order valence-electron chi connectivity index (χ0n) is 58.1. The van der Waals surface area contributed by atoms with Crippen molar-refractivity contribution in [2.45, 2.75) is 231 Å². The van der Waals surface area contributed by atoms with Crippen LogP contribution in [0.5, 0.6) is 5.75 Å². The maximum atomic E-state index is 15.0. The Bertz CT molecular complexity index is 3350. The molecule has 1 aliphatic heterocycles. The molecule has 4 aromatic rings. The molecule has 0 aliphatic carbocycles. The number of ketones is 2. The number of allylic oxidation sites excluding steroid dienone is 2. The van der Waals surface area contributed by atoms with Crippen molar-refractivity contribution in [3.05, 3.63) is 114 Å². The molecular weight excluding hydrogens is 1240 g/mol. The number of Topliss-reactive ketones (excluding diaryl/α,β-unsaturated/α-hetero) is 2. The number of phenolic OH excluding ortho intramolecular Hbond substituents is 1. The molecule has 0 radical (unpaired) electrons. The fourth-order valence-corrected chi connectivity index (χ4v) is 11.9. The number of aromatic hydroxyl groups is 1. The summed E-state index contributed by atoms with van der Waals surface area (Å²) in [5, 5.41) is 47.2. The number of carbonyl (C=O) groups is 11. The van der Waals surface area contributed by atoms with E-state index < -0.39 is 124 Å². The summed E-state index contributed by atoms with van der Waals surface area (Å²) in [5.41, 5.74) is 4.95. The number of carbonyl (C=O) groups excluding carboxylic acids is 11. The molecule has 24 nitrogen and oxygen atoms in total. The molecule has 14 N–H and O–H groups in total. The number of fused-ring (bicyclic) bond motifs is 1. The molecule has 3 aromatic carbocycles. The highest BCUT2D eigenvalue weighted by atomic mass is 16.3. The highest BCUT2D eigenvalue weighted by Gasteiger charge is 2.41. The number of aliphatic hydroxyl groups excluding tert-OH is 1. The summed E-state index contributed by atoms with van der Waals surface area (Å²) in [7, 11) is 0. The number of aromatic nitrogens is 1. The largest absolute Gasteiger partial charge is 0.508 e. The van der Waals surface area contributed by atoms with Gasteiger partial charge in [0.15, 0.2) is 11.6 Å². The molecule has 0 bridgehead atoms. The van der Waals surface area contributed by atoms with Gasteiger partial charge in [-0.3, -0.25) is 58.1 Å². The quantitative estimate of drug-likeness (QED) is 0.0427. The van der Waals surface area contributed by atoms with E-state index in [9.17, 15) is 53.4 Å². The monoisotopic (exact) mass is 1340 g/mol. The van der Waals surface area contributed by atoms with Gasteiger partial charge in [-0.05, 0) is 139 Å². The number of rotatable bonds is 23. The van der Waals surface area contributed by atoms with E-state index >= 15 is 9.59 Å². The smallest absolute Gasteiger partial charge is 0.246 e. The van der Waals surface area contributed by atoms with Gasteiger partial charge < -0.3 is 63.5 Å². The van der Waals surface area contributed by atoms with Crippen molar-refractivity contribution in [2.75, 3.05) is 6.54 Å². The fraction of sp³-hybridized carbons (Fsp3) is 0.548. The molecule has 97 heavy (non-hydrogen) atoms. The van der Waals surface area contributed by atoms with Gasteiger partial charge in [-0.1, -0.05) is 120 Å². The predicted molar refractivity (Wildman–Crippen MR) is 371 cm³/mol. The molecule has 9 amide bonds. The Labute approximate surface area is 570 Å². The minimum absolute atomic E-state index is 0.00357. The molecule has 2 heterocycles. The molecule has 1 aliphatic rings. The summed E-state index contributed by atoms with van der Waals surface area (Å²) < 4.78 is 0. The third-order valence-electron chi connectivity index (χ3n) is 17.7. The lowest BCUT2D eigenvalue weighted by Gasteiger charge is -2.33. The number of aromatic amines is 1. The number of benzene rings is 3. The number of hydrogen-bond donors (Lipinski definition) is 13. The average Bonchev–Trinajstić information content (AvgIpc) is 1.16. The first-order chi connectivity index (χ1) is 45.9. The molecule has 1 unspecified atom stereocenters. The van der Waals surface area contributed by atoms with Crippen LogP contribution >= 0.6 is 0 Å². The van der Waals surface area contributed by atoms with E-state index in [2.05, 4.69) is 52.8 Å². The highest BCUT2D eigenvalue weighted by Crippen LogP contribution is 2.26. The summed E-state index contributed by atoms with van der Waals surface area (Å²) in [6, 6.07) is 13.3. The van der Waals surface area contributed by atoms with Crippen molar-refractivity contribution < 1.29 is 63.0 Å². The molecule has 0 spiro atoms. The molecule has 24 heteroatoms. The topological polar surface area (TPSA) is 378 Å². The SMILES string of the molecule is CC(=O)N[C@@H](CC(C)C)C(=O)N[C@H](C(=O)N[C@@H](Cc1ccccc1)C(=O)N[C@]1(C)CCCCCC/C=C/CCC[C@@](C)(C(=O)CN[C@H](C)C(N)=O)NC(=O)[C@H](CC(C)C)CCC(=O)[C@H](Cc2c[nH]c3ccccc23)NC(=O)[C@H](Cc2ccc(O)cc2)NC(=O)C(C)NC1=O)[C@@H](C)O. The Morgan fingerprint density at radius 1 is 0.670 bits per heavy atom. The Kier molecular flexibility index (Phi) is 31.1. The minimum Gasteiger partial charge on any atom is -0.508 e. The van der Waals surface area contributed by atoms with Gasteiger partial charge in [-0.15, -0.1) is 0 Å². The first-order valence-electron chi connectivity index (χ1n) is 34.1. The molecule has 5 rings (SSSR count). The van der Waals surface area contributed by atoms with Crippen molar-refractivity contribution in [3.63, 3.8) is 0 Å². The maximum Gasteiger partial charge on any atom is 0.246 e. The lowest BCUT2D eigenvalue weighted by Crippen LogP contribution is -2.64. The Morgan fingerprint density at radius 2 is 1.32 bits per heavy atom. The van der Waals surface area contributed by atoms with Crippen molar-refractivity contribution in [1.29, 1.82) is 0 Å². The van der Waals surface area contributed by atoms with Crippen LogP contribution in [0, 0.1) is 17.8 Å². The van der Waals surface area contributed by atoms with Crippen molar-refractivity contribution in [3.8, 4) is 5.75 Å². The van der Waals surface area contributed by atoms with Gasteiger partial charge in [0.25, 0.3) is 0 Å². The summed E-state index contributed by atoms with van der Waals surface area (Å²) in [4.78, 5) is 159. The van der Waals surface area contributed by atoms with Gasteiger partial charge in [0.1, 0.15) is 41.5 Å². The lowest BCUT2D eigenvalue weighted by molar-refractivity contribution is -0.138. The number of para-hydroxylation sites is 1. The molecule has 1 aromatic heterocycles. The van der Waals surface area contributed by atoms with Gasteiger partial charge in [0, 0.05) is 55.6 Å². The Hall–Kier alpha value is -8.77. The third kappa shape index (κ3) is 25.6. The first kappa shape index (κ1) is 78.9. The summed E-state index contributed by atoms with van der Waals surface area (Å²) in [6.45, 7) is 16.0. The van der Waals surface area contributed by atoms with Gasteiger partial charge in [-0.25, -0.2) is 0 Å². The zero-order valence-corrected chi connectivity index (χ0v) is 58.1. The third-order valence-corrected chi connectivity index (χ3v) is 17.7. The van der Waals surface area contributed by atoms with Crippen LogP contribution in [0.2, 0.25) is 0 Å². The summed E-state index contributed by atoms with van der Waals surface area (Å²) in [6.07, 6.45) is 8.96. The van der Waals surface area contributed by atoms with Crippen molar-refractivity contribution in [2.24, 2.45) is 23.5 Å². The van der Waals surface area contributed by atoms with Crippen LogP contribution in [-0.2, 0) is 72.0 Å². The second-order valence-electron chi connectivity index (χ2n) is 27.3. The lowest BCUT2D eigenvalue weighted by atomic mass is 9.85. The van der Waals surface area contributed by atoms with Gasteiger partial charge in [0.05, 0.1) is 30.3 Å². The van der Waals surface area contributed by atoms with Crippen LogP contribution < -0.4 is 53.6 Å². The van der Waals surface area contributed by atoms with E-state index in [1.165, 1.54) is 39.8 Å². The maximum absolute atomic E-state index is 15.0. The molecule has 0 saturated heterocycles. The molecule has 530 valence electrons. The van der Waals surface area contributed by atoms with E-state index in [-0.39, 0.29) is 81.3 Å². The minimum atomic E-state index is -1.77. The van der Waals surface area contributed by atoms with Crippen LogP contribution in [0.1, 0.15) is 169 Å². The fourth-order valence-electron chi connectivity index (χ4n) is 11.9. The summed E-state index contributed by atoms with van der Waals surface area (Å²) >= 11 is 0. The molecule has 11 atom stereocenters. The standard InChI is InChI=1S/C73H105N11O13/c1-44(2)37-52-31-34-61(88)57(41-53-42-76-56-28-22-21-27-55(53)56)79-67(93)59(40-51-29-32-54(87)33-30-51)80-65(91)47(6)77-71(97)73(10,36-24-17-15-13-11-12-14-16-23-35-72(9,83-66(52)92)62(89)43-75-46(5)64(74)90)84-69(95)60(39-50-25-19-18-20-26-50)81-70(96)63(48(7)85)82-68(94)58(38-45(3)4)78-49(8)86/h12,14,18-22,25-30,32-33,42,44-48,52,57-60,63,75-76,85,87H,11,13,15-17,23-24,31,34-41,43H2,1-10H3,(H2,74,90)(H,77,97)(H,78,86)(H,79,93)(H,80,91)(H,81,96)(H,82,94)(H,83,92)(H,84,95)/b14-12+/t46-,47?,48-,52+,57+,58+,59+,60+,63+,72+,73-/m1/s1. The Morgan fingerprint density at radius 3 is 1.97 bits per heavy atom. The summed E-state index contributed by atoms with van der Waals surface area (Å²) in [5.74, 6) is -8.06. The average molecular weight is 1340 g/mol. The van der Waals surface area contributed by atoms with E-state index in [1.54, 1.807) is 62.5 Å². The van der Waals surface area contributed by atoms with Gasteiger partial charge in [-0.2, -0.15) is 0 Å². The number of phenols is 1. The number of H-pyrrole nitrogens is 1. The van der Waals surface area contributed by atoms with E-state index in [0.29, 0.717) is 61.6 Å². The van der Waals surface area contributed by atoms with Crippen LogP contribution in [0.15, 0.2) is 97.2 Å². The van der Waals surface area contributed by atoms with Crippen LogP contribution in [0.3, 0.4) is 0 Å². The van der Waals surface area contributed by atoms with Crippen molar-refractivity contribution in [1.82, 2.24) is 52.8 Å². The number of nitrogens with one attached hydrogen (secondary N) is 10. The molecule has 0 fully saturated rings.